The number of hydrogen-bond donors (Lipinski definition) is 1. The van der Waals surface area contributed by atoms with E-state index in [1.54, 1.807) is 0 Å². The molecule has 2 rings (SSSR count). The molecule has 2 nitrogen and oxygen atoms in total. The van der Waals surface area contributed by atoms with Crippen LogP contribution in [0.5, 0.6) is 0 Å². The molecule has 0 amide bonds. The molecule has 0 radical (unpaired) electrons. The summed E-state index contributed by atoms with van der Waals surface area (Å²) in [5.74, 6) is 1.78. The number of nitrogens with zero attached hydrogens (tertiary/aromatic N) is 1. The molecule has 0 unspecified atom stereocenters. The number of hydrogen-bond acceptors (Lipinski definition) is 2. The van der Waals surface area contributed by atoms with Gasteiger partial charge in [0.25, 0.3) is 0 Å². The van der Waals surface area contributed by atoms with Crippen LogP contribution < -0.4 is 5.32 Å². The molecule has 0 aromatic carbocycles. The zero-order chi connectivity index (χ0) is 12.3. The molecule has 3 atom stereocenters. The van der Waals surface area contributed by atoms with E-state index < -0.39 is 0 Å². The predicted molar refractivity (Wildman–Crippen MR) is 74.2 cm³/mol. The second kappa shape index (κ2) is 6.19. The van der Waals surface area contributed by atoms with E-state index in [1.165, 1.54) is 51.7 Å². The molecule has 2 aliphatic rings. The molecule has 1 aliphatic heterocycles. The molecule has 1 heterocycles. The first kappa shape index (κ1) is 13.4. The summed E-state index contributed by atoms with van der Waals surface area (Å²) in [6.45, 7) is 11.0. The van der Waals surface area contributed by atoms with Gasteiger partial charge in [0.2, 0.25) is 0 Å². The first-order valence-electron chi connectivity index (χ1n) is 7.69. The second-order valence-electron chi connectivity index (χ2n) is 6.25. The molecule has 0 bridgehead atoms. The Bertz CT molecular complexity index is 221. The maximum absolute atomic E-state index is 3.96. The van der Waals surface area contributed by atoms with Crippen molar-refractivity contribution in [2.45, 2.75) is 65.0 Å². The third-order valence-corrected chi connectivity index (χ3v) is 5.19. The van der Waals surface area contributed by atoms with Crippen molar-refractivity contribution in [3.63, 3.8) is 0 Å². The van der Waals surface area contributed by atoms with Gasteiger partial charge in [0.1, 0.15) is 0 Å². The molecule has 1 saturated heterocycles. The van der Waals surface area contributed by atoms with Crippen molar-refractivity contribution in [1.82, 2.24) is 10.2 Å². The Kier molecular flexibility index (Phi) is 4.87. The average molecular weight is 238 g/mol. The van der Waals surface area contributed by atoms with Gasteiger partial charge in [-0.05, 0) is 50.7 Å². The first-order valence-corrected chi connectivity index (χ1v) is 7.69. The van der Waals surface area contributed by atoms with Crippen LogP contribution in [0, 0.1) is 11.8 Å². The van der Waals surface area contributed by atoms with Gasteiger partial charge in [0, 0.05) is 12.1 Å². The lowest BCUT2D eigenvalue weighted by Gasteiger charge is -2.39. The molecule has 0 aromatic rings. The minimum absolute atomic E-state index is 0.788. The summed E-state index contributed by atoms with van der Waals surface area (Å²) in [7, 11) is 0. The summed E-state index contributed by atoms with van der Waals surface area (Å²) >= 11 is 0. The van der Waals surface area contributed by atoms with E-state index in [2.05, 4.69) is 31.0 Å². The van der Waals surface area contributed by atoms with Crippen molar-refractivity contribution in [2.24, 2.45) is 11.8 Å². The van der Waals surface area contributed by atoms with E-state index in [0.717, 1.165) is 23.9 Å². The quantitative estimate of drug-likeness (QED) is 0.813. The number of nitrogens with one attached hydrogen (secondary N) is 1. The molecule has 2 fully saturated rings. The monoisotopic (exact) mass is 238 g/mol. The van der Waals surface area contributed by atoms with Crippen LogP contribution in [0.2, 0.25) is 0 Å². The number of rotatable bonds is 3. The molecule has 0 aromatic heterocycles. The Labute approximate surface area is 107 Å². The van der Waals surface area contributed by atoms with Crippen LogP contribution in [-0.4, -0.2) is 36.6 Å². The Morgan fingerprint density at radius 1 is 1.06 bits per heavy atom. The fraction of sp³-hybridized carbons (Fsp3) is 1.00. The van der Waals surface area contributed by atoms with Gasteiger partial charge < -0.3 is 10.2 Å². The Morgan fingerprint density at radius 2 is 1.76 bits per heavy atom. The average Bonchev–Trinajstić information content (AvgIpc) is 2.36. The van der Waals surface area contributed by atoms with Crippen LogP contribution in [0.1, 0.15) is 52.9 Å². The van der Waals surface area contributed by atoms with Gasteiger partial charge in [-0.25, -0.2) is 0 Å². The lowest BCUT2D eigenvalue weighted by Crippen LogP contribution is -2.50. The minimum atomic E-state index is 0.788. The number of likely N-dealkylation sites (tertiary alicyclic amines) is 1. The lowest BCUT2D eigenvalue weighted by molar-refractivity contribution is 0.154. The number of piperidine rings is 1. The van der Waals surface area contributed by atoms with Gasteiger partial charge in [0.05, 0.1) is 0 Å². The molecular weight excluding hydrogens is 208 g/mol. The Hall–Kier alpha value is -0.0800. The van der Waals surface area contributed by atoms with Crippen molar-refractivity contribution < 1.29 is 0 Å². The molecule has 2 heteroatoms. The topological polar surface area (TPSA) is 15.3 Å². The van der Waals surface area contributed by atoms with Gasteiger partial charge in [-0.15, -0.1) is 0 Å². The standard InChI is InChI=1S/C15H30N2/c1-4-17-10-8-14(9-11-17)16-15-7-5-6-12(2)13(15)3/h12-16H,4-11H2,1-3H3/t12-,13+,15+/m1/s1. The smallest absolute Gasteiger partial charge is 0.00978 e. The zero-order valence-corrected chi connectivity index (χ0v) is 11.9. The highest BCUT2D eigenvalue weighted by Gasteiger charge is 2.29. The highest BCUT2D eigenvalue weighted by Crippen LogP contribution is 2.30. The Morgan fingerprint density at radius 3 is 2.41 bits per heavy atom. The summed E-state index contributed by atoms with van der Waals surface area (Å²) in [4.78, 5) is 2.57. The molecule has 100 valence electrons. The van der Waals surface area contributed by atoms with E-state index in [-0.39, 0.29) is 0 Å². The lowest BCUT2D eigenvalue weighted by atomic mass is 9.77. The van der Waals surface area contributed by atoms with Crippen molar-refractivity contribution in [1.29, 1.82) is 0 Å². The van der Waals surface area contributed by atoms with Crippen LogP contribution in [-0.2, 0) is 0 Å². The molecule has 0 spiro atoms. The van der Waals surface area contributed by atoms with E-state index in [0.29, 0.717) is 0 Å². The van der Waals surface area contributed by atoms with E-state index in [4.69, 9.17) is 0 Å². The fourth-order valence-corrected chi connectivity index (χ4v) is 3.54. The normalized spacial score (nSPS) is 37.2. The SMILES string of the molecule is CCN1CCC(N[C@H]2CCC[C@@H](C)[C@@H]2C)CC1. The van der Waals surface area contributed by atoms with Crippen molar-refractivity contribution in [2.75, 3.05) is 19.6 Å². The molecule has 17 heavy (non-hydrogen) atoms. The van der Waals surface area contributed by atoms with Crippen molar-refractivity contribution in [3.05, 3.63) is 0 Å². The molecular formula is C15H30N2. The zero-order valence-electron chi connectivity index (χ0n) is 11.9. The highest BCUT2D eigenvalue weighted by atomic mass is 15.1. The van der Waals surface area contributed by atoms with Crippen molar-refractivity contribution >= 4 is 0 Å². The van der Waals surface area contributed by atoms with Gasteiger partial charge >= 0.3 is 0 Å². The third kappa shape index (κ3) is 3.45. The van der Waals surface area contributed by atoms with Gasteiger partial charge in [0.15, 0.2) is 0 Å². The largest absolute Gasteiger partial charge is 0.311 e. The molecule has 1 saturated carbocycles. The van der Waals surface area contributed by atoms with E-state index in [1.807, 2.05) is 0 Å². The second-order valence-corrected chi connectivity index (χ2v) is 6.25. The maximum atomic E-state index is 3.96. The predicted octanol–water partition coefficient (Wildman–Crippen LogP) is 2.89. The van der Waals surface area contributed by atoms with E-state index >= 15 is 0 Å². The third-order valence-electron chi connectivity index (χ3n) is 5.19. The maximum Gasteiger partial charge on any atom is 0.00978 e. The van der Waals surface area contributed by atoms with Crippen molar-refractivity contribution in [3.8, 4) is 0 Å². The fourth-order valence-electron chi connectivity index (χ4n) is 3.54. The van der Waals surface area contributed by atoms with Crippen LogP contribution in [0.25, 0.3) is 0 Å². The summed E-state index contributed by atoms with van der Waals surface area (Å²) < 4.78 is 0. The van der Waals surface area contributed by atoms with Crippen LogP contribution in [0.3, 0.4) is 0 Å². The molecule has 1 aliphatic carbocycles. The van der Waals surface area contributed by atoms with Gasteiger partial charge in [-0.2, -0.15) is 0 Å². The minimum Gasteiger partial charge on any atom is -0.311 e. The highest BCUT2D eigenvalue weighted by molar-refractivity contribution is 4.86. The van der Waals surface area contributed by atoms with E-state index in [9.17, 15) is 0 Å². The summed E-state index contributed by atoms with van der Waals surface area (Å²) in [5.41, 5.74) is 0. The van der Waals surface area contributed by atoms with Crippen LogP contribution in [0.15, 0.2) is 0 Å². The van der Waals surface area contributed by atoms with Gasteiger partial charge in [-0.1, -0.05) is 33.6 Å². The summed E-state index contributed by atoms with van der Waals surface area (Å²) in [6, 6.07) is 1.58. The molecule has 1 N–H and O–H groups in total. The summed E-state index contributed by atoms with van der Waals surface area (Å²) in [5, 5.41) is 3.96. The first-order chi connectivity index (χ1) is 8.20. The van der Waals surface area contributed by atoms with Crippen LogP contribution >= 0.6 is 0 Å². The van der Waals surface area contributed by atoms with Gasteiger partial charge in [-0.3, -0.25) is 0 Å². The summed E-state index contributed by atoms with van der Waals surface area (Å²) in [6.07, 6.45) is 6.97. The Balaban J connectivity index is 1.77. The van der Waals surface area contributed by atoms with Crippen LogP contribution in [0.4, 0.5) is 0 Å².